The molecule has 1 unspecified atom stereocenters. The van der Waals surface area contributed by atoms with Gasteiger partial charge in [-0.2, -0.15) is 13.2 Å². The van der Waals surface area contributed by atoms with Crippen molar-refractivity contribution in [1.82, 2.24) is 9.88 Å². The molecule has 0 spiro atoms. The molecule has 1 aliphatic rings. The summed E-state index contributed by atoms with van der Waals surface area (Å²) in [5.74, 6) is -1.37. The lowest BCUT2D eigenvalue weighted by molar-refractivity contribution is -0.184. The molecule has 1 amide bonds. The number of hydrogen-bond donors (Lipinski definition) is 0. The van der Waals surface area contributed by atoms with Crippen LogP contribution in [0.25, 0.3) is 10.8 Å². The van der Waals surface area contributed by atoms with E-state index in [1.165, 1.54) is 22.5 Å². The first kappa shape index (κ1) is 15.1. The first-order valence-corrected chi connectivity index (χ1v) is 7.68. The number of hydrogen-bond acceptors (Lipinski definition) is 4. The minimum atomic E-state index is -4.26. The second kappa shape index (κ2) is 5.75. The van der Waals surface area contributed by atoms with E-state index in [9.17, 15) is 18.0 Å². The predicted octanol–water partition coefficient (Wildman–Crippen LogP) is 3.82. The number of likely N-dealkylation sites (tertiary alicyclic amines) is 1. The molecule has 3 rings (SSSR count). The topological polar surface area (TPSA) is 46.3 Å². The van der Waals surface area contributed by atoms with E-state index in [0.29, 0.717) is 23.7 Å². The summed E-state index contributed by atoms with van der Waals surface area (Å²) >= 11 is 1.23. The number of piperidine rings is 1. The van der Waals surface area contributed by atoms with E-state index in [1.54, 1.807) is 17.5 Å². The van der Waals surface area contributed by atoms with Crippen LogP contribution in [0.2, 0.25) is 0 Å². The molecule has 1 atom stereocenters. The van der Waals surface area contributed by atoms with Crippen molar-refractivity contribution in [2.24, 2.45) is 5.92 Å². The Morgan fingerprint density at radius 1 is 1.45 bits per heavy atom. The van der Waals surface area contributed by atoms with Gasteiger partial charge in [0.05, 0.1) is 12.2 Å². The van der Waals surface area contributed by atoms with Crippen molar-refractivity contribution in [2.45, 2.75) is 19.0 Å². The van der Waals surface area contributed by atoms with Crippen LogP contribution >= 0.6 is 11.3 Å². The average Bonchev–Trinajstić information content (AvgIpc) is 3.16. The highest BCUT2D eigenvalue weighted by Gasteiger charge is 2.43. The van der Waals surface area contributed by atoms with E-state index in [1.807, 2.05) is 0 Å². The van der Waals surface area contributed by atoms with E-state index < -0.39 is 18.0 Å². The van der Waals surface area contributed by atoms with E-state index in [0.717, 1.165) is 0 Å². The van der Waals surface area contributed by atoms with Crippen molar-refractivity contribution in [2.75, 3.05) is 13.1 Å². The molecule has 22 heavy (non-hydrogen) atoms. The lowest BCUT2D eigenvalue weighted by Gasteiger charge is -2.33. The Kier molecular flexibility index (Phi) is 3.94. The normalized spacial score (nSPS) is 19.4. The molecule has 3 heterocycles. The van der Waals surface area contributed by atoms with Crippen molar-refractivity contribution >= 4 is 17.2 Å². The molecule has 0 N–H and O–H groups in total. The second-order valence-electron chi connectivity index (χ2n) is 5.15. The molecule has 2 aromatic rings. The van der Waals surface area contributed by atoms with Gasteiger partial charge < -0.3 is 9.32 Å². The summed E-state index contributed by atoms with van der Waals surface area (Å²) in [6.07, 6.45) is -2.34. The minimum absolute atomic E-state index is 0.0714. The molecule has 0 radical (unpaired) electrons. The zero-order chi connectivity index (χ0) is 15.7. The number of thiazole rings is 1. The van der Waals surface area contributed by atoms with Crippen LogP contribution in [0, 0.1) is 5.92 Å². The van der Waals surface area contributed by atoms with Gasteiger partial charge in [-0.25, -0.2) is 4.98 Å². The first-order valence-electron chi connectivity index (χ1n) is 6.80. The maximum absolute atomic E-state index is 12.8. The monoisotopic (exact) mass is 330 g/mol. The summed E-state index contributed by atoms with van der Waals surface area (Å²) < 4.78 is 43.6. The molecule has 0 aliphatic carbocycles. The molecule has 0 bridgehead atoms. The summed E-state index contributed by atoms with van der Waals surface area (Å²) in [7, 11) is 0. The van der Waals surface area contributed by atoms with Crippen LogP contribution in [0.15, 0.2) is 28.2 Å². The van der Waals surface area contributed by atoms with E-state index in [2.05, 4.69) is 4.98 Å². The SMILES string of the molecule is O=C(c1csc(-c2ccco2)n1)N1CCCC(C(F)(F)F)C1. The van der Waals surface area contributed by atoms with Gasteiger partial charge in [0.1, 0.15) is 5.69 Å². The van der Waals surface area contributed by atoms with E-state index in [4.69, 9.17) is 4.42 Å². The molecular weight excluding hydrogens is 317 g/mol. The third-order valence-corrected chi connectivity index (χ3v) is 4.48. The van der Waals surface area contributed by atoms with Crippen LogP contribution in [-0.2, 0) is 0 Å². The summed E-state index contributed by atoms with van der Waals surface area (Å²) in [5.41, 5.74) is 0.166. The average molecular weight is 330 g/mol. The molecule has 4 nitrogen and oxygen atoms in total. The number of halogens is 3. The number of furan rings is 1. The van der Waals surface area contributed by atoms with Gasteiger partial charge in [-0.3, -0.25) is 4.79 Å². The Morgan fingerprint density at radius 2 is 2.27 bits per heavy atom. The number of carbonyl (C=O) groups excluding carboxylic acids is 1. The zero-order valence-electron chi connectivity index (χ0n) is 11.5. The Morgan fingerprint density at radius 3 is 2.95 bits per heavy atom. The maximum atomic E-state index is 12.8. The molecule has 0 aromatic carbocycles. The van der Waals surface area contributed by atoms with Crippen molar-refractivity contribution in [1.29, 1.82) is 0 Å². The summed E-state index contributed by atoms with van der Waals surface area (Å²) in [4.78, 5) is 17.7. The lowest BCUT2D eigenvalue weighted by Crippen LogP contribution is -2.44. The summed E-state index contributed by atoms with van der Waals surface area (Å²) in [6, 6.07) is 3.42. The second-order valence-corrected chi connectivity index (χ2v) is 6.01. The van der Waals surface area contributed by atoms with Gasteiger partial charge >= 0.3 is 6.18 Å². The van der Waals surface area contributed by atoms with E-state index >= 15 is 0 Å². The Labute approximate surface area is 128 Å². The number of amides is 1. The number of rotatable bonds is 2. The van der Waals surface area contributed by atoms with Crippen molar-refractivity contribution in [3.05, 3.63) is 29.5 Å². The number of carbonyl (C=O) groups is 1. The van der Waals surface area contributed by atoms with Crippen LogP contribution in [-0.4, -0.2) is 35.1 Å². The van der Waals surface area contributed by atoms with Gasteiger partial charge in [0, 0.05) is 18.5 Å². The lowest BCUT2D eigenvalue weighted by atomic mass is 9.97. The molecule has 2 aromatic heterocycles. The maximum Gasteiger partial charge on any atom is 0.393 e. The fraction of sp³-hybridized carbons (Fsp3) is 0.429. The highest BCUT2D eigenvalue weighted by Crippen LogP contribution is 2.34. The number of aromatic nitrogens is 1. The zero-order valence-corrected chi connectivity index (χ0v) is 12.3. The number of alkyl halides is 3. The third kappa shape index (κ3) is 3.01. The fourth-order valence-electron chi connectivity index (χ4n) is 2.48. The highest BCUT2D eigenvalue weighted by atomic mass is 32.1. The molecule has 1 saturated heterocycles. The Hall–Kier alpha value is -1.83. The van der Waals surface area contributed by atoms with E-state index in [-0.39, 0.29) is 18.7 Å². The quantitative estimate of drug-likeness (QED) is 0.841. The van der Waals surface area contributed by atoms with Crippen molar-refractivity contribution < 1.29 is 22.4 Å². The predicted molar refractivity (Wildman–Crippen MR) is 74.5 cm³/mol. The largest absolute Gasteiger partial charge is 0.462 e. The fourth-order valence-corrected chi connectivity index (χ4v) is 3.24. The first-order chi connectivity index (χ1) is 10.4. The van der Waals surface area contributed by atoms with Gasteiger partial charge in [-0.1, -0.05) is 0 Å². The van der Waals surface area contributed by atoms with Crippen molar-refractivity contribution in [3.63, 3.8) is 0 Å². The molecule has 0 saturated carbocycles. The van der Waals surface area contributed by atoms with Gasteiger partial charge in [0.15, 0.2) is 10.8 Å². The van der Waals surface area contributed by atoms with Crippen LogP contribution in [0.3, 0.4) is 0 Å². The molecule has 1 fully saturated rings. The molecular formula is C14H13F3N2O2S. The molecule has 8 heteroatoms. The van der Waals surface area contributed by atoms with Gasteiger partial charge in [0.2, 0.25) is 0 Å². The summed E-state index contributed by atoms with van der Waals surface area (Å²) in [5, 5.41) is 2.09. The van der Waals surface area contributed by atoms with Gasteiger partial charge in [-0.05, 0) is 25.0 Å². The highest BCUT2D eigenvalue weighted by molar-refractivity contribution is 7.13. The van der Waals surface area contributed by atoms with Crippen LogP contribution in [0.5, 0.6) is 0 Å². The number of nitrogens with zero attached hydrogens (tertiary/aromatic N) is 2. The molecule has 1 aliphatic heterocycles. The van der Waals surface area contributed by atoms with Gasteiger partial charge in [-0.15, -0.1) is 11.3 Å². The van der Waals surface area contributed by atoms with Crippen LogP contribution < -0.4 is 0 Å². The Balaban J connectivity index is 1.74. The molecule has 118 valence electrons. The van der Waals surface area contributed by atoms with Crippen LogP contribution in [0.4, 0.5) is 13.2 Å². The minimum Gasteiger partial charge on any atom is -0.462 e. The third-order valence-electron chi connectivity index (χ3n) is 3.63. The summed E-state index contributed by atoms with van der Waals surface area (Å²) in [6.45, 7) is 0.0367. The van der Waals surface area contributed by atoms with Crippen LogP contribution in [0.1, 0.15) is 23.3 Å². The standard InChI is InChI=1S/C14H13F3N2O2S/c15-14(16,17)9-3-1-5-19(7-9)13(20)10-8-22-12(18-10)11-4-2-6-21-11/h2,4,6,8-9H,1,3,5,7H2. The smallest absolute Gasteiger partial charge is 0.393 e. The van der Waals surface area contributed by atoms with Crippen molar-refractivity contribution in [3.8, 4) is 10.8 Å². The van der Waals surface area contributed by atoms with Gasteiger partial charge in [0.25, 0.3) is 5.91 Å². The Bertz CT molecular complexity index is 651.